The second-order valence-electron chi connectivity index (χ2n) is 5.63. The predicted octanol–water partition coefficient (Wildman–Crippen LogP) is 3.89. The molecular weight excluding hydrogens is 309 g/mol. The molecule has 0 spiro atoms. The summed E-state index contributed by atoms with van der Waals surface area (Å²) in [6.07, 6.45) is 3.85. The molecule has 1 aromatic carbocycles. The Morgan fingerprint density at radius 3 is 2.76 bits per heavy atom. The van der Waals surface area contributed by atoms with E-state index in [2.05, 4.69) is 4.90 Å². The molecule has 0 radical (unpaired) electrons. The van der Waals surface area contributed by atoms with E-state index in [1.807, 2.05) is 20.2 Å². The second-order valence-corrected chi connectivity index (χ2v) is 6.48. The molecule has 0 bridgehead atoms. The van der Waals surface area contributed by atoms with Gasteiger partial charge in [0.1, 0.15) is 0 Å². The van der Waals surface area contributed by atoms with Crippen molar-refractivity contribution < 1.29 is 9.53 Å². The minimum atomic E-state index is -0.661. The third-order valence-electron chi connectivity index (χ3n) is 3.78. The molecule has 3 nitrogen and oxygen atoms in total. The van der Waals surface area contributed by atoms with Crippen LogP contribution >= 0.6 is 23.2 Å². The average molecular weight is 328 g/mol. The molecule has 1 aliphatic carbocycles. The third-order valence-corrected chi connectivity index (χ3v) is 4.33. The lowest BCUT2D eigenvalue weighted by molar-refractivity contribution is -0.141. The zero-order chi connectivity index (χ0) is 15.6. The molecule has 2 unspecified atom stereocenters. The highest BCUT2D eigenvalue weighted by molar-refractivity contribution is 6.35. The van der Waals surface area contributed by atoms with Gasteiger partial charge in [-0.25, -0.2) is 0 Å². The van der Waals surface area contributed by atoms with Crippen molar-refractivity contribution in [3.8, 4) is 0 Å². The highest BCUT2D eigenvalue weighted by atomic mass is 35.5. The molecule has 1 fully saturated rings. The first-order chi connectivity index (χ1) is 9.91. The Morgan fingerprint density at radius 1 is 1.48 bits per heavy atom. The molecule has 21 heavy (non-hydrogen) atoms. The Kier molecular flexibility index (Phi) is 4.97. The minimum Gasteiger partial charge on any atom is -0.434 e. The monoisotopic (exact) mass is 327 g/mol. The lowest BCUT2D eigenvalue weighted by Gasteiger charge is -2.19. The van der Waals surface area contributed by atoms with Crippen LogP contribution in [0.3, 0.4) is 0 Å². The van der Waals surface area contributed by atoms with Gasteiger partial charge in [0.15, 0.2) is 0 Å². The molecule has 0 saturated heterocycles. The summed E-state index contributed by atoms with van der Waals surface area (Å²) < 4.78 is 5.24. The topological polar surface area (TPSA) is 29.5 Å². The van der Waals surface area contributed by atoms with Gasteiger partial charge in [-0.15, -0.1) is 0 Å². The summed E-state index contributed by atoms with van der Waals surface area (Å²) in [5.41, 5.74) is 0.140. The summed E-state index contributed by atoms with van der Waals surface area (Å²) in [7, 11) is 3.98. The number of esters is 1. The summed E-state index contributed by atoms with van der Waals surface area (Å²) in [5.74, 6) is -0.0550. The first-order valence-corrected chi connectivity index (χ1v) is 7.60. The van der Waals surface area contributed by atoms with E-state index in [0.717, 1.165) is 18.5 Å². The van der Waals surface area contributed by atoms with Crippen molar-refractivity contribution in [1.82, 2.24) is 4.90 Å². The number of ether oxygens (including phenoxy) is 1. The number of hydrogen-bond donors (Lipinski definition) is 0. The van der Waals surface area contributed by atoms with Crippen molar-refractivity contribution >= 4 is 29.2 Å². The van der Waals surface area contributed by atoms with Crippen LogP contribution in [0.5, 0.6) is 0 Å². The fraction of sp³-hybridized carbons (Fsp3) is 0.438. The van der Waals surface area contributed by atoms with Crippen LogP contribution in [-0.4, -0.2) is 31.5 Å². The SMILES string of the molecule is C/C=C/OC(=O)C1(c2ccc(Cl)cc2Cl)CC1CN(C)C. The summed E-state index contributed by atoms with van der Waals surface area (Å²) in [6.45, 7) is 2.61. The van der Waals surface area contributed by atoms with Gasteiger partial charge in [0.2, 0.25) is 0 Å². The van der Waals surface area contributed by atoms with E-state index in [0.29, 0.717) is 10.0 Å². The van der Waals surface area contributed by atoms with E-state index >= 15 is 0 Å². The number of carbonyl (C=O) groups is 1. The number of nitrogens with zero attached hydrogens (tertiary/aromatic N) is 1. The van der Waals surface area contributed by atoms with Crippen molar-refractivity contribution in [3.05, 3.63) is 46.1 Å². The Bertz CT molecular complexity index is 571. The van der Waals surface area contributed by atoms with Gasteiger partial charge in [0.05, 0.1) is 11.7 Å². The maximum Gasteiger partial charge on any atom is 0.321 e. The predicted molar refractivity (Wildman–Crippen MR) is 85.7 cm³/mol. The first-order valence-electron chi connectivity index (χ1n) is 6.84. The molecule has 114 valence electrons. The molecule has 5 heteroatoms. The number of benzene rings is 1. The zero-order valence-electron chi connectivity index (χ0n) is 12.4. The van der Waals surface area contributed by atoms with Crippen molar-refractivity contribution in [2.75, 3.05) is 20.6 Å². The van der Waals surface area contributed by atoms with Crippen molar-refractivity contribution in [2.45, 2.75) is 18.8 Å². The van der Waals surface area contributed by atoms with Crippen LogP contribution in [-0.2, 0) is 14.9 Å². The van der Waals surface area contributed by atoms with E-state index in [1.54, 1.807) is 25.1 Å². The van der Waals surface area contributed by atoms with E-state index in [4.69, 9.17) is 27.9 Å². The number of rotatable bonds is 5. The van der Waals surface area contributed by atoms with Crippen LogP contribution < -0.4 is 0 Å². The smallest absolute Gasteiger partial charge is 0.321 e. The van der Waals surface area contributed by atoms with Crippen LogP contribution in [0.1, 0.15) is 18.9 Å². The molecule has 2 rings (SSSR count). The first kappa shape index (κ1) is 16.3. The molecule has 2 atom stereocenters. The Morgan fingerprint density at radius 2 is 2.19 bits per heavy atom. The van der Waals surface area contributed by atoms with Crippen molar-refractivity contribution in [3.63, 3.8) is 0 Å². The van der Waals surface area contributed by atoms with E-state index in [1.165, 1.54) is 6.26 Å². The molecule has 1 saturated carbocycles. The Hall–Kier alpha value is -1.03. The van der Waals surface area contributed by atoms with Gasteiger partial charge in [0, 0.05) is 16.6 Å². The Labute approximate surface area is 135 Å². The zero-order valence-corrected chi connectivity index (χ0v) is 13.9. The van der Waals surface area contributed by atoms with Gasteiger partial charge in [0.25, 0.3) is 0 Å². The fourth-order valence-electron chi connectivity index (χ4n) is 2.77. The summed E-state index contributed by atoms with van der Waals surface area (Å²) in [5, 5.41) is 1.08. The summed E-state index contributed by atoms with van der Waals surface area (Å²) >= 11 is 12.3. The van der Waals surface area contributed by atoms with Gasteiger partial charge in [-0.2, -0.15) is 0 Å². The van der Waals surface area contributed by atoms with Crippen LogP contribution in [0, 0.1) is 5.92 Å². The largest absolute Gasteiger partial charge is 0.434 e. The van der Waals surface area contributed by atoms with Crippen molar-refractivity contribution in [2.24, 2.45) is 5.92 Å². The summed E-state index contributed by atoms with van der Waals surface area (Å²) in [6, 6.07) is 5.27. The lowest BCUT2D eigenvalue weighted by Crippen LogP contribution is -2.28. The number of carbonyl (C=O) groups excluding carboxylic acids is 1. The molecular formula is C16H19Cl2NO2. The molecule has 0 heterocycles. The quantitative estimate of drug-likeness (QED) is 0.607. The normalized spacial score (nSPS) is 24.6. The van der Waals surface area contributed by atoms with Gasteiger partial charge in [-0.05, 0) is 51.1 Å². The van der Waals surface area contributed by atoms with Crippen LogP contribution in [0.15, 0.2) is 30.5 Å². The highest BCUT2D eigenvalue weighted by Gasteiger charge is 2.62. The van der Waals surface area contributed by atoms with E-state index in [-0.39, 0.29) is 11.9 Å². The van der Waals surface area contributed by atoms with Crippen LogP contribution in [0.25, 0.3) is 0 Å². The van der Waals surface area contributed by atoms with Gasteiger partial charge < -0.3 is 9.64 Å². The van der Waals surface area contributed by atoms with Crippen LogP contribution in [0.4, 0.5) is 0 Å². The Balaban J connectivity index is 2.36. The number of allylic oxidation sites excluding steroid dienone is 1. The molecule has 1 aliphatic rings. The second kappa shape index (κ2) is 6.39. The molecule has 0 aliphatic heterocycles. The fourth-order valence-corrected chi connectivity index (χ4v) is 3.34. The molecule has 0 N–H and O–H groups in total. The number of halogens is 2. The molecule has 0 amide bonds. The maximum atomic E-state index is 12.5. The average Bonchev–Trinajstić information content (AvgIpc) is 3.09. The summed E-state index contributed by atoms with van der Waals surface area (Å²) in [4.78, 5) is 14.6. The van der Waals surface area contributed by atoms with E-state index in [9.17, 15) is 4.79 Å². The van der Waals surface area contributed by atoms with Gasteiger partial charge >= 0.3 is 5.97 Å². The maximum absolute atomic E-state index is 12.5. The third kappa shape index (κ3) is 3.25. The van der Waals surface area contributed by atoms with Crippen molar-refractivity contribution in [1.29, 1.82) is 0 Å². The highest BCUT2D eigenvalue weighted by Crippen LogP contribution is 2.57. The molecule has 1 aromatic rings. The van der Waals surface area contributed by atoms with Gasteiger partial charge in [-0.3, -0.25) is 4.79 Å². The standard InChI is InChI=1S/C16H19Cl2NO2/c1-4-7-21-15(20)16(9-11(16)10-19(2)3)13-6-5-12(17)8-14(13)18/h4-8,11H,9-10H2,1-3H3/b7-4+. The minimum absolute atomic E-state index is 0.198. The molecule has 0 aromatic heterocycles. The lowest BCUT2D eigenvalue weighted by atomic mass is 9.93. The number of hydrogen-bond acceptors (Lipinski definition) is 3. The van der Waals surface area contributed by atoms with E-state index < -0.39 is 5.41 Å². The van der Waals surface area contributed by atoms with Crippen LogP contribution in [0.2, 0.25) is 10.0 Å². The van der Waals surface area contributed by atoms with Gasteiger partial charge in [-0.1, -0.05) is 35.3 Å².